The lowest BCUT2D eigenvalue weighted by Crippen LogP contribution is -2.14. The number of hydrogen-bond donors (Lipinski definition) is 2. The van der Waals surface area contributed by atoms with Crippen molar-refractivity contribution in [2.75, 3.05) is 0 Å². The van der Waals surface area contributed by atoms with Crippen molar-refractivity contribution < 1.29 is 13.2 Å². The highest BCUT2D eigenvalue weighted by atomic mass is 19.1. The second kappa shape index (κ2) is 8.32. The van der Waals surface area contributed by atoms with E-state index in [-0.39, 0.29) is 16.7 Å². The van der Waals surface area contributed by atoms with Gasteiger partial charge in [-0.15, -0.1) is 0 Å². The van der Waals surface area contributed by atoms with Crippen LogP contribution in [0.2, 0.25) is 0 Å². The van der Waals surface area contributed by atoms with Crippen molar-refractivity contribution in [1.29, 1.82) is 5.41 Å². The third-order valence-electron chi connectivity index (χ3n) is 5.87. The summed E-state index contributed by atoms with van der Waals surface area (Å²) in [7, 11) is 0. The van der Waals surface area contributed by atoms with E-state index < -0.39 is 17.6 Å². The Balaban J connectivity index is 1.93. The van der Waals surface area contributed by atoms with Crippen LogP contribution < -0.4 is 5.73 Å². The predicted octanol–water partition coefficient (Wildman–Crippen LogP) is 4.98. The lowest BCUT2D eigenvalue weighted by molar-refractivity contribution is 0.575. The number of rotatable bonds is 4. The van der Waals surface area contributed by atoms with E-state index >= 15 is 0 Å². The van der Waals surface area contributed by atoms with Gasteiger partial charge in [-0.1, -0.05) is 0 Å². The fourth-order valence-corrected chi connectivity index (χ4v) is 4.27. The number of imidazole rings is 1. The Morgan fingerprint density at radius 2 is 1.74 bits per heavy atom. The molecular weight excluding hydrogens is 455 g/mol. The molecule has 5 rings (SSSR count). The summed E-state index contributed by atoms with van der Waals surface area (Å²) in [6, 6.07) is 8.77. The van der Waals surface area contributed by atoms with Gasteiger partial charge in [0.25, 0.3) is 0 Å². The molecule has 10 heteroatoms. The molecule has 0 aliphatic rings. The van der Waals surface area contributed by atoms with Gasteiger partial charge in [-0.2, -0.15) is 4.39 Å². The van der Waals surface area contributed by atoms with Gasteiger partial charge in [0.2, 0.25) is 5.95 Å². The summed E-state index contributed by atoms with van der Waals surface area (Å²) in [5.41, 5.74) is 9.19. The Kier molecular flexibility index (Phi) is 5.28. The third-order valence-corrected chi connectivity index (χ3v) is 5.87. The molecule has 7 nitrogen and oxygen atoms in total. The number of aromatic nitrogens is 4. The number of nitrogens with one attached hydrogen (secondary N) is 1. The lowest BCUT2D eigenvalue weighted by atomic mass is 9.98. The lowest BCUT2D eigenvalue weighted by Gasteiger charge is -2.14. The first kappa shape index (κ1) is 22.2. The fourth-order valence-electron chi connectivity index (χ4n) is 4.27. The van der Waals surface area contributed by atoms with E-state index in [2.05, 4.69) is 19.9 Å². The molecule has 2 aromatic carbocycles. The molecule has 0 aliphatic heterocycles. The van der Waals surface area contributed by atoms with Gasteiger partial charge >= 0.3 is 0 Å². The van der Waals surface area contributed by atoms with Crippen molar-refractivity contribution in [2.24, 2.45) is 10.7 Å². The Morgan fingerprint density at radius 3 is 2.51 bits per heavy atom. The van der Waals surface area contributed by atoms with E-state index in [0.29, 0.717) is 44.8 Å². The van der Waals surface area contributed by atoms with Gasteiger partial charge in [-0.25, -0.2) is 23.7 Å². The Hall–Kier alpha value is -4.60. The topological polar surface area (TPSA) is 106 Å². The molecule has 5 aromatic rings. The number of amidine groups is 1. The number of nitrogens with two attached hydrogens (primary N) is 1. The molecular formula is C25H18F3N7. The van der Waals surface area contributed by atoms with Crippen LogP contribution in [0, 0.1) is 36.8 Å². The molecule has 0 atom stereocenters. The first-order chi connectivity index (χ1) is 16.8. The van der Waals surface area contributed by atoms with E-state index in [0.717, 1.165) is 18.5 Å². The molecule has 0 spiro atoms. The molecule has 0 fully saturated rings. The molecule has 3 aromatic heterocycles. The van der Waals surface area contributed by atoms with E-state index in [1.807, 2.05) is 0 Å². The van der Waals surface area contributed by atoms with Crippen LogP contribution in [-0.4, -0.2) is 31.7 Å². The average Bonchev–Trinajstić information content (AvgIpc) is 3.17. The molecule has 0 unspecified atom stereocenters. The predicted molar refractivity (Wildman–Crippen MR) is 128 cm³/mol. The van der Waals surface area contributed by atoms with Crippen molar-refractivity contribution in [1.82, 2.24) is 19.5 Å². The summed E-state index contributed by atoms with van der Waals surface area (Å²) in [6.07, 6.45) is 3.56. The Labute approximate surface area is 197 Å². The first-order valence-electron chi connectivity index (χ1n) is 10.5. The van der Waals surface area contributed by atoms with Crippen molar-refractivity contribution in [3.05, 3.63) is 83.3 Å². The van der Waals surface area contributed by atoms with Crippen molar-refractivity contribution in [3.63, 3.8) is 0 Å². The zero-order valence-electron chi connectivity index (χ0n) is 18.6. The van der Waals surface area contributed by atoms with E-state index in [9.17, 15) is 13.2 Å². The van der Waals surface area contributed by atoms with Crippen molar-refractivity contribution >= 4 is 34.1 Å². The average molecular weight is 473 g/mol. The van der Waals surface area contributed by atoms with Crippen LogP contribution in [0.4, 0.5) is 13.2 Å². The monoisotopic (exact) mass is 473 g/mol. The molecule has 3 N–H and O–H groups in total. The van der Waals surface area contributed by atoms with Crippen LogP contribution >= 0.6 is 0 Å². The second-order valence-corrected chi connectivity index (χ2v) is 7.89. The number of aliphatic imine (C=N–C) groups is 1. The third kappa shape index (κ3) is 3.50. The molecule has 0 bridgehead atoms. The normalized spacial score (nSPS) is 12.0. The maximum Gasteiger partial charge on any atom is 0.216 e. The van der Waals surface area contributed by atoms with Crippen LogP contribution in [0.3, 0.4) is 0 Å². The van der Waals surface area contributed by atoms with E-state index in [4.69, 9.17) is 11.1 Å². The summed E-state index contributed by atoms with van der Waals surface area (Å²) in [5, 5.41) is 7.32. The van der Waals surface area contributed by atoms with Crippen LogP contribution in [0.5, 0.6) is 0 Å². The van der Waals surface area contributed by atoms with Crippen LogP contribution in [-0.2, 0) is 0 Å². The summed E-state index contributed by atoms with van der Waals surface area (Å²) in [4.78, 5) is 16.2. The summed E-state index contributed by atoms with van der Waals surface area (Å²) in [5.74, 6) is -1.42. The molecule has 0 amide bonds. The van der Waals surface area contributed by atoms with Crippen molar-refractivity contribution in [2.45, 2.75) is 13.8 Å². The second-order valence-electron chi connectivity index (χ2n) is 7.89. The highest BCUT2D eigenvalue weighted by Crippen LogP contribution is 2.34. The smallest absolute Gasteiger partial charge is 0.216 e. The van der Waals surface area contributed by atoms with Crippen molar-refractivity contribution in [3.8, 4) is 16.8 Å². The van der Waals surface area contributed by atoms with Gasteiger partial charge in [-0.05, 0) is 61.4 Å². The summed E-state index contributed by atoms with van der Waals surface area (Å²) in [6.45, 7) is 3.32. The minimum atomic E-state index is -0.656. The Bertz CT molecular complexity index is 1690. The SMILES string of the molecule is Cc1c(-c2cc(C(N)=NC=N)c3nc(C)n(-c4ccnc5c(F)ccc(F)c45)c3c2)ccnc1F. The molecule has 0 saturated heterocycles. The maximum absolute atomic E-state index is 14.9. The van der Waals surface area contributed by atoms with E-state index in [1.54, 1.807) is 42.7 Å². The first-order valence-corrected chi connectivity index (χ1v) is 10.5. The quantitative estimate of drug-likeness (QED) is 0.218. The van der Waals surface area contributed by atoms with Crippen LogP contribution in [0.1, 0.15) is 17.0 Å². The van der Waals surface area contributed by atoms with Gasteiger partial charge in [0.05, 0.1) is 16.6 Å². The molecule has 35 heavy (non-hydrogen) atoms. The van der Waals surface area contributed by atoms with Crippen LogP contribution in [0.15, 0.2) is 53.8 Å². The standard InChI is InChI=1S/C25H18F3N7/c1-12-15(5-7-32-24(12)28)14-9-16(25(30)33-11-29)22-20(10-14)35(13(2)34-22)19-6-8-31-23-18(27)4-3-17(26)21(19)23/h3-11H,1-2H3,(H3,29,30,33). The number of nitrogens with zero attached hydrogens (tertiary/aromatic N) is 5. The zero-order chi connectivity index (χ0) is 24.9. The highest BCUT2D eigenvalue weighted by Gasteiger charge is 2.21. The number of benzene rings is 2. The number of fused-ring (bicyclic) bond motifs is 2. The van der Waals surface area contributed by atoms with Gasteiger partial charge < -0.3 is 5.73 Å². The molecule has 0 saturated carbocycles. The minimum Gasteiger partial charge on any atom is -0.383 e. The van der Waals surface area contributed by atoms with Crippen LogP contribution in [0.25, 0.3) is 38.8 Å². The molecule has 3 heterocycles. The minimum absolute atomic E-state index is 0.00544. The molecule has 0 aliphatic carbocycles. The Morgan fingerprint density at radius 1 is 1.00 bits per heavy atom. The molecule has 0 radical (unpaired) electrons. The van der Waals surface area contributed by atoms with Gasteiger partial charge in [0, 0.05) is 23.5 Å². The number of pyridine rings is 2. The van der Waals surface area contributed by atoms with Gasteiger partial charge in [0.1, 0.15) is 40.7 Å². The number of aryl methyl sites for hydroxylation is 1. The number of halogens is 3. The maximum atomic E-state index is 14.9. The highest BCUT2D eigenvalue weighted by molar-refractivity contribution is 6.11. The van der Waals surface area contributed by atoms with E-state index in [1.165, 1.54) is 12.4 Å². The summed E-state index contributed by atoms with van der Waals surface area (Å²) >= 11 is 0. The summed E-state index contributed by atoms with van der Waals surface area (Å²) < 4.78 is 45.4. The fraction of sp³-hybridized carbons (Fsp3) is 0.0800. The largest absolute Gasteiger partial charge is 0.383 e. The number of hydrogen-bond acceptors (Lipinski definition) is 4. The molecule has 174 valence electrons. The van der Waals surface area contributed by atoms with Gasteiger partial charge in [0.15, 0.2) is 0 Å². The zero-order valence-corrected chi connectivity index (χ0v) is 18.6. The van der Waals surface area contributed by atoms with Gasteiger partial charge in [-0.3, -0.25) is 15.0 Å².